The SMILES string of the molecule is O=C(Nc1cnn(Cc2c(F)cccc2Cl)c1)NC1CCCCC1. The zero-order chi connectivity index (χ0) is 16.9. The summed E-state index contributed by atoms with van der Waals surface area (Å²) in [5.41, 5.74) is 0.941. The Morgan fingerprint density at radius 3 is 2.88 bits per heavy atom. The van der Waals surface area contributed by atoms with Gasteiger partial charge in [-0.1, -0.05) is 36.9 Å². The number of carbonyl (C=O) groups is 1. The highest BCUT2D eigenvalue weighted by Gasteiger charge is 2.16. The molecule has 5 nitrogen and oxygen atoms in total. The molecule has 2 aromatic rings. The van der Waals surface area contributed by atoms with Crippen LogP contribution in [0.4, 0.5) is 14.9 Å². The van der Waals surface area contributed by atoms with E-state index in [1.807, 2.05) is 0 Å². The molecule has 1 saturated carbocycles. The van der Waals surface area contributed by atoms with Crippen molar-refractivity contribution in [2.24, 2.45) is 0 Å². The van der Waals surface area contributed by atoms with Gasteiger partial charge in [0.15, 0.2) is 0 Å². The van der Waals surface area contributed by atoms with E-state index in [1.165, 1.54) is 18.7 Å². The molecule has 0 atom stereocenters. The van der Waals surface area contributed by atoms with Gasteiger partial charge in [0.2, 0.25) is 0 Å². The normalized spacial score (nSPS) is 15.2. The average molecular weight is 351 g/mol. The fourth-order valence-corrected chi connectivity index (χ4v) is 3.18. The predicted molar refractivity (Wildman–Crippen MR) is 91.8 cm³/mol. The number of carbonyl (C=O) groups excluding carboxylic acids is 1. The van der Waals surface area contributed by atoms with Gasteiger partial charge in [-0.05, 0) is 25.0 Å². The zero-order valence-corrected chi connectivity index (χ0v) is 14.0. The van der Waals surface area contributed by atoms with Crippen molar-refractivity contribution in [3.8, 4) is 0 Å². The van der Waals surface area contributed by atoms with Crippen molar-refractivity contribution < 1.29 is 9.18 Å². The number of benzene rings is 1. The lowest BCUT2D eigenvalue weighted by molar-refractivity contribution is 0.244. The summed E-state index contributed by atoms with van der Waals surface area (Å²) in [5.74, 6) is -0.373. The number of halogens is 2. The van der Waals surface area contributed by atoms with E-state index in [-0.39, 0.29) is 24.4 Å². The standard InChI is InChI=1S/C17H20ClFN4O/c18-15-7-4-8-16(19)14(15)11-23-10-13(9-20-23)22-17(24)21-12-5-2-1-3-6-12/h4,7-10,12H,1-3,5-6,11H2,(H2,21,22,24). The lowest BCUT2D eigenvalue weighted by atomic mass is 9.96. The van der Waals surface area contributed by atoms with Crippen LogP contribution in [0.1, 0.15) is 37.7 Å². The van der Waals surface area contributed by atoms with Gasteiger partial charge in [0.05, 0.1) is 18.4 Å². The molecule has 0 spiro atoms. The van der Waals surface area contributed by atoms with Crippen molar-refractivity contribution in [3.05, 3.63) is 47.0 Å². The van der Waals surface area contributed by atoms with Crippen LogP contribution in [0.3, 0.4) is 0 Å². The third-order valence-electron chi connectivity index (χ3n) is 4.21. The summed E-state index contributed by atoms with van der Waals surface area (Å²) >= 11 is 6.02. The van der Waals surface area contributed by atoms with E-state index in [0.29, 0.717) is 16.3 Å². The van der Waals surface area contributed by atoms with Crippen LogP contribution in [0.15, 0.2) is 30.6 Å². The minimum Gasteiger partial charge on any atom is -0.335 e. The van der Waals surface area contributed by atoms with Crippen LogP contribution in [0.2, 0.25) is 5.02 Å². The van der Waals surface area contributed by atoms with Crippen LogP contribution >= 0.6 is 11.6 Å². The van der Waals surface area contributed by atoms with E-state index in [2.05, 4.69) is 15.7 Å². The monoisotopic (exact) mass is 350 g/mol. The average Bonchev–Trinajstić information content (AvgIpc) is 2.99. The maximum absolute atomic E-state index is 13.8. The third-order valence-corrected chi connectivity index (χ3v) is 4.57. The summed E-state index contributed by atoms with van der Waals surface area (Å²) in [4.78, 5) is 12.0. The molecular formula is C17H20ClFN4O. The van der Waals surface area contributed by atoms with Crippen molar-refractivity contribution >= 4 is 23.3 Å². The lowest BCUT2D eigenvalue weighted by Gasteiger charge is -2.22. The molecule has 0 aliphatic heterocycles. The van der Waals surface area contributed by atoms with Gasteiger partial charge in [0.1, 0.15) is 5.82 Å². The highest BCUT2D eigenvalue weighted by atomic mass is 35.5. The van der Waals surface area contributed by atoms with Gasteiger partial charge in [0, 0.05) is 22.8 Å². The summed E-state index contributed by atoms with van der Waals surface area (Å²) in [6.45, 7) is 0.206. The second-order valence-electron chi connectivity index (χ2n) is 6.06. The molecule has 128 valence electrons. The van der Waals surface area contributed by atoms with E-state index in [9.17, 15) is 9.18 Å². The molecule has 0 saturated heterocycles. The molecular weight excluding hydrogens is 331 g/mol. The Labute approximate surface area is 145 Å². The summed E-state index contributed by atoms with van der Waals surface area (Å²) < 4.78 is 15.4. The minimum atomic E-state index is -0.373. The van der Waals surface area contributed by atoms with Crippen molar-refractivity contribution in [1.82, 2.24) is 15.1 Å². The summed E-state index contributed by atoms with van der Waals surface area (Å²) in [5, 5.41) is 10.2. The first-order valence-electron chi connectivity index (χ1n) is 8.14. The summed E-state index contributed by atoms with van der Waals surface area (Å²) in [6.07, 6.45) is 8.80. The molecule has 1 aromatic heterocycles. The van der Waals surface area contributed by atoms with Crippen molar-refractivity contribution in [2.75, 3.05) is 5.32 Å². The van der Waals surface area contributed by atoms with Crippen molar-refractivity contribution in [2.45, 2.75) is 44.7 Å². The highest BCUT2D eigenvalue weighted by Crippen LogP contribution is 2.20. The van der Waals surface area contributed by atoms with Gasteiger partial charge in [-0.15, -0.1) is 0 Å². The Balaban J connectivity index is 1.58. The number of urea groups is 1. The number of hydrogen-bond donors (Lipinski definition) is 2. The molecule has 1 aliphatic carbocycles. The number of rotatable bonds is 4. The van der Waals surface area contributed by atoms with Gasteiger partial charge in [-0.25, -0.2) is 9.18 Å². The van der Waals surface area contributed by atoms with E-state index < -0.39 is 0 Å². The molecule has 24 heavy (non-hydrogen) atoms. The van der Waals surface area contributed by atoms with Crippen LogP contribution in [-0.2, 0) is 6.54 Å². The number of nitrogens with one attached hydrogen (secondary N) is 2. The van der Waals surface area contributed by atoms with Gasteiger partial charge in [-0.2, -0.15) is 5.10 Å². The predicted octanol–water partition coefficient (Wildman–Crippen LogP) is 4.18. The molecule has 1 aliphatic rings. The number of amides is 2. The smallest absolute Gasteiger partial charge is 0.319 e. The number of aromatic nitrogens is 2. The largest absolute Gasteiger partial charge is 0.335 e. The van der Waals surface area contributed by atoms with E-state index in [0.717, 1.165) is 25.7 Å². The fourth-order valence-electron chi connectivity index (χ4n) is 2.96. The second-order valence-corrected chi connectivity index (χ2v) is 6.47. The maximum atomic E-state index is 13.8. The topological polar surface area (TPSA) is 59.0 Å². The Kier molecular flexibility index (Phi) is 5.35. The van der Waals surface area contributed by atoms with Gasteiger partial charge in [0.25, 0.3) is 0 Å². The maximum Gasteiger partial charge on any atom is 0.319 e. The Bertz CT molecular complexity index is 692. The van der Waals surface area contributed by atoms with E-state index in [4.69, 9.17) is 11.6 Å². The fraction of sp³-hybridized carbons (Fsp3) is 0.412. The van der Waals surface area contributed by atoms with Crippen LogP contribution in [0.25, 0.3) is 0 Å². The Morgan fingerprint density at radius 2 is 2.12 bits per heavy atom. The Morgan fingerprint density at radius 1 is 1.33 bits per heavy atom. The Hall–Kier alpha value is -2.08. The molecule has 1 heterocycles. The van der Waals surface area contributed by atoms with Crippen LogP contribution in [0.5, 0.6) is 0 Å². The van der Waals surface area contributed by atoms with Crippen LogP contribution in [0, 0.1) is 5.82 Å². The highest BCUT2D eigenvalue weighted by molar-refractivity contribution is 6.31. The molecule has 0 unspecified atom stereocenters. The molecule has 0 bridgehead atoms. The van der Waals surface area contributed by atoms with Gasteiger partial charge < -0.3 is 10.6 Å². The minimum absolute atomic E-state index is 0.206. The molecule has 1 aromatic carbocycles. The quantitative estimate of drug-likeness (QED) is 0.869. The molecule has 3 rings (SSSR count). The molecule has 2 amide bonds. The third kappa shape index (κ3) is 4.26. The van der Waals surface area contributed by atoms with E-state index >= 15 is 0 Å². The van der Waals surface area contributed by atoms with Crippen LogP contribution in [-0.4, -0.2) is 21.9 Å². The summed E-state index contributed by atoms with van der Waals surface area (Å²) in [7, 11) is 0. The van der Waals surface area contributed by atoms with Crippen LogP contribution < -0.4 is 10.6 Å². The van der Waals surface area contributed by atoms with Gasteiger partial charge >= 0.3 is 6.03 Å². The molecule has 7 heteroatoms. The first-order valence-corrected chi connectivity index (χ1v) is 8.52. The summed E-state index contributed by atoms with van der Waals surface area (Å²) in [6, 6.07) is 4.57. The molecule has 0 radical (unpaired) electrons. The van der Waals surface area contributed by atoms with Gasteiger partial charge in [-0.3, -0.25) is 4.68 Å². The number of anilines is 1. The molecule has 1 fully saturated rings. The first kappa shape index (κ1) is 16.8. The van der Waals surface area contributed by atoms with Crippen molar-refractivity contribution in [1.29, 1.82) is 0 Å². The number of nitrogens with zero attached hydrogens (tertiary/aromatic N) is 2. The van der Waals surface area contributed by atoms with Crippen molar-refractivity contribution in [3.63, 3.8) is 0 Å². The second kappa shape index (κ2) is 7.66. The van der Waals surface area contributed by atoms with E-state index in [1.54, 1.807) is 23.0 Å². The lowest BCUT2D eigenvalue weighted by Crippen LogP contribution is -2.38. The molecule has 2 N–H and O–H groups in total. The zero-order valence-electron chi connectivity index (χ0n) is 13.3. The first-order chi connectivity index (χ1) is 11.6. The number of hydrogen-bond acceptors (Lipinski definition) is 2.